The number of hydrazine groups is 1. The summed E-state index contributed by atoms with van der Waals surface area (Å²) in [5.41, 5.74) is 9.34. The second kappa shape index (κ2) is 18.1. The van der Waals surface area contributed by atoms with E-state index < -0.39 is 0 Å². The van der Waals surface area contributed by atoms with Gasteiger partial charge in [-0.2, -0.15) is 0 Å². The highest BCUT2D eigenvalue weighted by Gasteiger charge is 2.26. The van der Waals surface area contributed by atoms with E-state index in [1.165, 1.54) is 40.1 Å². The lowest BCUT2D eigenvalue weighted by molar-refractivity contribution is 0.202. The molecule has 0 spiro atoms. The van der Waals surface area contributed by atoms with Gasteiger partial charge in [-0.15, -0.1) is 0 Å². The van der Waals surface area contributed by atoms with Crippen LogP contribution in [0.3, 0.4) is 0 Å². The minimum Gasteiger partial charge on any atom is -0.384 e. The Bertz CT molecular complexity index is 1160. The Kier molecular flexibility index (Phi) is 14.9. The molecule has 40 heavy (non-hydrogen) atoms. The van der Waals surface area contributed by atoms with Gasteiger partial charge in [-0.25, -0.2) is 4.98 Å². The van der Waals surface area contributed by atoms with Gasteiger partial charge in [0, 0.05) is 33.4 Å². The van der Waals surface area contributed by atoms with Gasteiger partial charge >= 0.3 is 0 Å². The van der Waals surface area contributed by atoms with Gasteiger partial charge in [0.1, 0.15) is 0 Å². The van der Waals surface area contributed by atoms with E-state index >= 15 is 0 Å². The number of rotatable bonds is 9. The van der Waals surface area contributed by atoms with Crippen LogP contribution < -0.4 is 5.01 Å². The number of methoxy groups -OCH3 is 1. The Labute approximate surface area is 244 Å². The molecule has 0 saturated carbocycles. The fourth-order valence-electron chi connectivity index (χ4n) is 4.91. The minimum atomic E-state index is 0.751. The fourth-order valence-corrected chi connectivity index (χ4v) is 4.91. The van der Waals surface area contributed by atoms with Gasteiger partial charge in [0.15, 0.2) is 0 Å². The molecule has 218 valence electrons. The van der Waals surface area contributed by atoms with Gasteiger partial charge in [-0.3, -0.25) is 10.0 Å². The van der Waals surface area contributed by atoms with E-state index in [4.69, 9.17) is 4.74 Å². The second-order valence-electron chi connectivity index (χ2n) is 9.96. The van der Waals surface area contributed by atoms with Gasteiger partial charge in [0.05, 0.1) is 30.0 Å². The summed E-state index contributed by atoms with van der Waals surface area (Å²) in [6.45, 7) is 15.6. The van der Waals surface area contributed by atoms with Crippen molar-refractivity contribution in [1.29, 1.82) is 0 Å². The van der Waals surface area contributed by atoms with Crippen molar-refractivity contribution in [2.45, 2.75) is 73.6 Å². The Balaban J connectivity index is 0.000000534. The highest BCUT2D eigenvalue weighted by Crippen LogP contribution is 2.35. The number of piperidine rings is 1. The summed E-state index contributed by atoms with van der Waals surface area (Å²) in [7, 11) is 3.73. The third kappa shape index (κ3) is 9.71. The van der Waals surface area contributed by atoms with Crippen molar-refractivity contribution in [2.75, 3.05) is 31.8 Å². The first-order valence-corrected chi connectivity index (χ1v) is 15.0. The number of imidazole rings is 1. The van der Waals surface area contributed by atoms with Crippen LogP contribution in [0, 0.1) is 6.92 Å². The monoisotopic (exact) mass is 544 g/mol. The molecule has 2 aromatic carbocycles. The molecule has 3 aromatic rings. The Morgan fingerprint density at radius 2 is 1.75 bits per heavy atom. The van der Waals surface area contributed by atoms with Crippen molar-refractivity contribution in [2.24, 2.45) is 7.05 Å². The topological polar surface area (TPSA) is 33.5 Å². The van der Waals surface area contributed by atoms with Gasteiger partial charge in [-0.05, 0) is 86.4 Å². The summed E-state index contributed by atoms with van der Waals surface area (Å²) in [5.74, 6) is 0. The fraction of sp³-hybridized carbons (Fsp3) is 0.457. The maximum absolute atomic E-state index is 5.35. The normalized spacial score (nSPS) is 15.1. The Hall–Kier alpha value is -3.31. The first-order valence-electron chi connectivity index (χ1n) is 15.0. The van der Waals surface area contributed by atoms with Crippen LogP contribution >= 0.6 is 0 Å². The van der Waals surface area contributed by atoms with E-state index in [0.717, 1.165) is 51.1 Å². The smallest absolute Gasteiger partial charge is 0.0946 e. The number of para-hydroxylation sites is 1. The number of anilines is 1. The van der Waals surface area contributed by atoms with Crippen molar-refractivity contribution in [3.8, 4) is 0 Å². The predicted octanol–water partition coefficient (Wildman–Crippen LogP) is 8.63. The second-order valence-corrected chi connectivity index (χ2v) is 9.96. The van der Waals surface area contributed by atoms with Crippen LogP contribution in [0.4, 0.5) is 5.69 Å². The Morgan fingerprint density at radius 3 is 2.33 bits per heavy atom. The average molecular weight is 545 g/mol. The van der Waals surface area contributed by atoms with Crippen LogP contribution in [0.5, 0.6) is 0 Å². The van der Waals surface area contributed by atoms with Crippen molar-refractivity contribution in [1.82, 2.24) is 14.6 Å². The van der Waals surface area contributed by atoms with Crippen molar-refractivity contribution in [3.63, 3.8) is 0 Å². The molecule has 5 heteroatoms. The predicted molar refractivity (Wildman–Crippen MR) is 172 cm³/mol. The first-order chi connectivity index (χ1) is 19.5. The summed E-state index contributed by atoms with van der Waals surface area (Å²) in [6, 6.07) is 19.6. The molecular weight excluding hydrogens is 492 g/mol. The molecule has 2 heterocycles. The Morgan fingerprint density at radius 1 is 1.05 bits per heavy atom. The molecule has 1 saturated heterocycles. The van der Waals surface area contributed by atoms with Gasteiger partial charge in [0.25, 0.3) is 0 Å². The number of ether oxygens (including phenoxy) is 1. The van der Waals surface area contributed by atoms with Crippen LogP contribution in [0.15, 0.2) is 84.0 Å². The molecular formula is C35H52N4O. The molecule has 0 amide bonds. The molecule has 0 radical (unpaired) electrons. The molecule has 1 aliphatic rings. The maximum atomic E-state index is 5.35. The van der Waals surface area contributed by atoms with E-state index in [-0.39, 0.29) is 0 Å². The summed E-state index contributed by atoms with van der Waals surface area (Å²) in [4.78, 5) is 3.98. The molecule has 0 unspecified atom stereocenters. The van der Waals surface area contributed by atoms with Crippen LogP contribution in [0.1, 0.15) is 77.1 Å². The largest absolute Gasteiger partial charge is 0.384 e. The lowest BCUT2D eigenvalue weighted by Crippen LogP contribution is -2.46. The van der Waals surface area contributed by atoms with Crippen LogP contribution in [0.2, 0.25) is 0 Å². The van der Waals surface area contributed by atoms with E-state index in [9.17, 15) is 0 Å². The first kappa shape index (κ1) is 32.9. The van der Waals surface area contributed by atoms with Crippen molar-refractivity contribution >= 4 is 11.8 Å². The highest BCUT2D eigenvalue weighted by atomic mass is 16.5. The number of aryl methyl sites for hydroxylation is 2. The van der Waals surface area contributed by atoms with E-state index in [0.29, 0.717) is 0 Å². The number of allylic oxidation sites excluding steroid dienone is 2. The third-order valence-electron chi connectivity index (χ3n) is 6.89. The number of aromatic nitrogens is 2. The van der Waals surface area contributed by atoms with Crippen LogP contribution in [-0.4, -0.2) is 41.4 Å². The standard InChI is InChI=1S/C28H38N2O.C5H8N2.C2H6/c1-5-19-29(27-16-8-7-9-17-27)30-20-12-15-26(28(30)23(3)6-2)22-25-14-11-10-13-24(25)18-21-31-4;1-5-3-7(2)4-6-5;1-2/h7-11,13-14,16-17,22H,5-6,12,15,18-21H2,1-4H3;3-4H,1-2H3;1-2H3/b26-22+,28-23?;;. The number of benzene rings is 2. The molecule has 0 aliphatic carbocycles. The lowest BCUT2D eigenvalue weighted by atomic mass is 9.93. The number of hydrogen-bond acceptors (Lipinski definition) is 4. The molecule has 1 aromatic heterocycles. The molecule has 4 rings (SSSR count). The lowest BCUT2D eigenvalue weighted by Gasteiger charge is -2.44. The highest BCUT2D eigenvalue weighted by molar-refractivity contribution is 5.63. The number of nitrogens with zero attached hydrogens (tertiary/aromatic N) is 4. The molecule has 0 bridgehead atoms. The third-order valence-corrected chi connectivity index (χ3v) is 6.89. The molecule has 0 N–H and O–H groups in total. The zero-order chi connectivity index (χ0) is 29.3. The minimum absolute atomic E-state index is 0.751. The SMILES string of the molecule is CC.CCCN(c1ccccc1)N1CCC/C(=C\c2ccccc2CCOC)C1=C(C)CC.Cc1cn(C)cn1. The summed E-state index contributed by atoms with van der Waals surface area (Å²) in [5, 5.41) is 5.03. The van der Waals surface area contributed by atoms with E-state index in [1.54, 1.807) is 13.4 Å². The van der Waals surface area contributed by atoms with Crippen molar-refractivity contribution in [3.05, 3.63) is 101 Å². The summed E-state index contributed by atoms with van der Waals surface area (Å²) < 4.78 is 7.27. The molecule has 0 atom stereocenters. The van der Waals surface area contributed by atoms with Gasteiger partial charge < -0.3 is 9.30 Å². The van der Waals surface area contributed by atoms with Crippen LogP contribution in [0.25, 0.3) is 6.08 Å². The van der Waals surface area contributed by atoms with Gasteiger partial charge in [0.2, 0.25) is 0 Å². The van der Waals surface area contributed by atoms with E-state index in [2.05, 4.69) is 96.4 Å². The number of hydrogen-bond donors (Lipinski definition) is 0. The zero-order valence-electron chi connectivity index (χ0n) is 26.3. The van der Waals surface area contributed by atoms with Gasteiger partial charge in [-0.1, -0.05) is 70.2 Å². The molecule has 5 nitrogen and oxygen atoms in total. The summed E-state index contributed by atoms with van der Waals surface area (Å²) >= 11 is 0. The molecule has 1 fully saturated rings. The average Bonchev–Trinajstić information content (AvgIpc) is 3.38. The summed E-state index contributed by atoms with van der Waals surface area (Å²) in [6.07, 6.45) is 11.6. The quantitative estimate of drug-likeness (QED) is 0.270. The van der Waals surface area contributed by atoms with Crippen LogP contribution in [-0.2, 0) is 18.2 Å². The maximum Gasteiger partial charge on any atom is 0.0946 e. The molecule has 1 aliphatic heterocycles. The zero-order valence-corrected chi connectivity index (χ0v) is 26.3. The van der Waals surface area contributed by atoms with Crippen molar-refractivity contribution < 1.29 is 4.74 Å². The van der Waals surface area contributed by atoms with E-state index in [1.807, 2.05) is 38.6 Å².